The zero-order valence-electron chi connectivity index (χ0n) is 14.9. The van der Waals surface area contributed by atoms with E-state index in [9.17, 15) is 4.79 Å². The highest BCUT2D eigenvalue weighted by atomic mass is 16.5. The lowest BCUT2D eigenvalue weighted by Gasteiger charge is -2.08. The maximum absolute atomic E-state index is 12.0. The molecule has 0 unspecified atom stereocenters. The van der Waals surface area contributed by atoms with E-state index in [1.54, 1.807) is 6.20 Å². The molecule has 1 amide bonds. The van der Waals surface area contributed by atoms with Gasteiger partial charge in [0, 0.05) is 18.3 Å². The number of ether oxygens (including phenoxy) is 1. The third-order valence-electron chi connectivity index (χ3n) is 4.04. The van der Waals surface area contributed by atoms with E-state index in [2.05, 4.69) is 22.5 Å². The average molecular weight is 349 g/mol. The first-order valence-electron chi connectivity index (χ1n) is 8.71. The molecule has 0 aliphatic heterocycles. The summed E-state index contributed by atoms with van der Waals surface area (Å²) in [6, 6.07) is 17.9. The maximum Gasteiger partial charge on any atom is 0.223 e. The summed E-state index contributed by atoms with van der Waals surface area (Å²) in [7, 11) is 0. The van der Waals surface area contributed by atoms with Crippen molar-refractivity contribution in [1.82, 2.24) is 15.1 Å². The molecule has 0 saturated heterocycles. The van der Waals surface area contributed by atoms with E-state index in [1.807, 2.05) is 60.3 Å². The fraction of sp³-hybridized carbons (Fsp3) is 0.238. The average Bonchev–Trinajstić information content (AvgIpc) is 3.10. The van der Waals surface area contributed by atoms with Crippen LogP contribution in [0, 0.1) is 6.92 Å². The van der Waals surface area contributed by atoms with Gasteiger partial charge < -0.3 is 10.1 Å². The van der Waals surface area contributed by atoms with E-state index >= 15 is 0 Å². The van der Waals surface area contributed by atoms with Gasteiger partial charge in [-0.05, 0) is 24.1 Å². The second-order valence-corrected chi connectivity index (χ2v) is 6.17. The Bertz CT molecular complexity index is 843. The van der Waals surface area contributed by atoms with Crippen LogP contribution in [0.2, 0.25) is 0 Å². The number of amides is 1. The summed E-state index contributed by atoms with van der Waals surface area (Å²) < 4.78 is 7.53. The normalized spacial score (nSPS) is 10.5. The molecule has 2 aromatic carbocycles. The van der Waals surface area contributed by atoms with Crippen LogP contribution in [0.25, 0.3) is 0 Å². The Morgan fingerprint density at radius 1 is 1.08 bits per heavy atom. The summed E-state index contributed by atoms with van der Waals surface area (Å²) in [4.78, 5) is 12.0. The highest BCUT2D eigenvalue weighted by Gasteiger charge is 2.05. The first-order chi connectivity index (χ1) is 12.7. The molecule has 1 N–H and O–H groups in total. The molecule has 0 bridgehead atoms. The van der Waals surface area contributed by atoms with Gasteiger partial charge in [0.2, 0.25) is 5.91 Å². The van der Waals surface area contributed by atoms with E-state index in [1.165, 1.54) is 5.56 Å². The Balaban J connectivity index is 1.40. The number of aromatic nitrogens is 2. The zero-order chi connectivity index (χ0) is 18.2. The minimum Gasteiger partial charge on any atom is -0.493 e. The minimum atomic E-state index is -0.0330. The smallest absolute Gasteiger partial charge is 0.223 e. The molecule has 0 atom stereocenters. The molecule has 3 rings (SSSR count). The lowest BCUT2D eigenvalue weighted by Crippen LogP contribution is -2.24. The fourth-order valence-electron chi connectivity index (χ4n) is 2.62. The summed E-state index contributed by atoms with van der Waals surface area (Å²) in [6.45, 7) is 3.55. The molecule has 5 heteroatoms. The van der Waals surface area contributed by atoms with Crippen LogP contribution in [-0.2, 0) is 17.9 Å². The number of carbonyl (C=O) groups excluding carboxylic acids is 1. The molecule has 5 nitrogen and oxygen atoms in total. The molecule has 1 heterocycles. The van der Waals surface area contributed by atoms with Crippen LogP contribution in [0.4, 0.5) is 0 Å². The zero-order valence-corrected chi connectivity index (χ0v) is 14.9. The van der Waals surface area contributed by atoms with Crippen LogP contribution in [0.5, 0.6) is 5.75 Å². The monoisotopic (exact) mass is 349 g/mol. The van der Waals surface area contributed by atoms with E-state index in [0.717, 1.165) is 23.4 Å². The first kappa shape index (κ1) is 17.7. The molecule has 1 aromatic heterocycles. The molecule has 0 aliphatic carbocycles. The molecule has 134 valence electrons. The highest BCUT2D eigenvalue weighted by Crippen LogP contribution is 2.16. The van der Waals surface area contributed by atoms with Gasteiger partial charge in [-0.25, -0.2) is 0 Å². The van der Waals surface area contributed by atoms with Gasteiger partial charge in [-0.3, -0.25) is 9.48 Å². The molecule has 26 heavy (non-hydrogen) atoms. The Labute approximate surface area is 153 Å². The van der Waals surface area contributed by atoms with Crippen LogP contribution >= 0.6 is 0 Å². The van der Waals surface area contributed by atoms with E-state index in [-0.39, 0.29) is 5.91 Å². The number of carbonyl (C=O) groups is 1. The van der Waals surface area contributed by atoms with E-state index < -0.39 is 0 Å². The van der Waals surface area contributed by atoms with Crippen molar-refractivity contribution in [2.24, 2.45) is 0 Å². The van der Waals surface area contributed by atoms with Gasteiger partial charge in [-0.15, -0.1) is 0 Å². The summed E-state index contributed by atoms with van der Waals surface area (Å²) in [6.07, 6.45) is 4.07. The van der Waals surface area contributed by atoms with Crippen LogP contribution < -0.4 is 10.1 Å². The number of hydrogen-bond acceptors (Lipinski definition) is 3. The fourth-order valence-corrected chi connectivity index (χ4v) is 2.62. The van der Waals surface area contributed by atoms with Gasteiger partial charge in [-0.1, -0.05) is 48.5 Å². The van der Waals surface area contributed by atoms with Crippen LogP contribution in [-0.4, -0.2) is 22.3 Å². The lowest BCUT2D eigenvalue weighted by atomic mass is 10.2. The predicted molar refractivity (Wildman–Crippen MR) is 101 cm³/mol. The van der Waals surface area contributed by atoms with Crippen molar-refractivity contribution >= 4 is 5.91 Å². The number of para-hydroxylation sites is 1. The third-order valence-corrected chi connectivity index (χ3v) is 4.04. The molecule has 0 spiro atoms. The standard InChI is InChI=1S/C21H23N3O2/c1-17-7-5-6-10-20(17)26-12-11-21(25)22-13-19-14-23-24(16-19)15-18-8-3-2-4-9-18/h2-10,14,16H,11-13,15H2,1H3,(H,22,25). The number of benzene rings is 2. The van der Waals surface area contributed by atoms with Crippen LogP contribution in [0.3, 0.4) is 0 Å². The van der Waals surface area contributed by atoms with Crippen molar-refractivity contribution in [2.45, 2.75) is 26.4 Å². The summed E-state index contributed by atoms with van der Waals surface area (Å²) >= 11 is 0. The second-order valence-electron chi connectivity index (χ2n) is 6.17. The number of hydrogen-bond donors (Lipinski definition) is 1. The van der Waals surface area contributed by atoms with Crippen molar-refractivity contribution in [2.75, 3.05) is 6.61 Å². The van der Waals surface area contributed by atoms with Crippen molar-refractivity contribution in [3.63, 3.8) is 0 Å². The van der Waals surface area contributed by atoms with Gasteiger partial charge in [0.25, 0.3) is 0 Å². The molecule has 0 aliphatic rings. The highest BCUT2D eigenvalue weighted by molar-refractivity contribution is 5.75. The van der Waals surface area contributed by atoms with E-state index in [4.69, 9.17) is 4.74 Å². The van der Waals surface area contributed by atoms with Crippen molar-refractivity contribution in [3.05, 3.63) is 83.7 Å². The lowest BCUT2D eigenvalue weighted by molar-refractivity contribution is -0.121. The number of rotatable bonds is 8. The topological polar surface area (TPSA) is 56.1 Å². The van der Waals surface area contributed by atoms with Crippen molar-refractivity contribution in [1.29, 1.82) is 0 Å². The summed E-state index contributed by atoms with van der Waals surface area (Å²) in [5.74, 6) is 0.789. The SMILES string of the molecule is Cc1ccccc1OCCC(=O)NCc1cnn(Cc2ccccc2)c1. The van der Waals surface area contributed by atoms with E-state index in [0.29, 0.717) is 19.6 Å². The van der Waals surface area contributed by atoms with Gasteiger partial charge in [0.1, 0.15) is 5.75 Å². The summed E-state index contributed by atoms with van der Waals surface area (Å²) in [5.41, 5.74) is 3.24. The quantitative estimate of drug-likeness (QED) is 0.679. The Morgan fingerprint density at radius 3 is 2.65 bits per heavy atom. The molecular weight excluding hydrogens is 326 g/mol. The Kier molecular flexibility index (Phi) is 6.04. The van der Waals surface area contributed by atoms with Gasteiger partial charge in [0.05, 0.1) is 25.8 Å². The molecule has 0 fully saturated rings. The molecule has 0 radical (unpaired) electrons. The first-order valence-corrected chi connectivity index (χ1v) is 8.71. The Hall–Kier alpha value is -3.08. The summed E-state index contributed by atoms with van der Waals surface area (Å²) in [5, 5.41) is 7.25. The van der Waals surface area contributed by atoms with Gasteiger partial charge in [-0.2, -0.15) is 5.10 Å². The van der Waals surface area contributed by atoms with Crippen molar-refractivity contribution < 1.29 is 9.53 Å². The number of nitrogens with one attached hydrogen (secondary N) is 1. The molecular formula is C21H23N3O2. The predicted octanol–water partition coefficient (Wildman–Crippen LogP) is 3.33. The number of aryl methyl sites for hydroxylation is 1. The van der Waals surface area contributed by atoms with Crippen LogP contribution in [0.15, 0.2) is 67.0 Å². The minimum absolute atomic E-state index is 0.0330. The number of nitrogens with zero attached hydrogens (tertiary/aromatic N) is 2. The van der Waals surface area contributed by atoms with Crippen LogP contribution in [0.1, 0.15) is 23.1 Å². The molecule has 0 saturated carbocycles. The van der Waals surface area contributed by atoms with Gasteiger partial charge in [0.15, 0.2) is 0 Å². The maximum atomic E-state index is 12.0. The molecule has 3 aromatic rings. The third kappa shape index (κ3) is 5.21. The van der Waals surface area contributed by atoms with Crippen molar-refractivity contribution in [3.8, 4) is 5.75 Å². The Morgan fingerprint density at radius 2 is 1.85 bits per heavy atom. The largest absolute Gasteiger partial charge is 0.493 e. The second kappa shape index (κ2) is 8.85. The van der Waals surface area contributed by atoms with Gasteiger partial charge >= 0.3 is 0 Å².